The van der Waals surface area contributed by atoms with Crippen LogP contribution in [0.15, 0.2) is 48.8 Å². The number of nitrogens with zero attached hydrogens (tertiary/aromatic N) is 2. The number of hydrogen-bond acceptors (Lipinski definition) is 5. The summed E-state index contributed by atoms with van der Waals surface area (Å²) in [4.78, 5) is 18.3. The molecule has 0 unspecified atom stereocenters. The number of phenolic OH excluding ortho intramolecular Hbond substituents is 1. The maximum Gasteiger partial charge on any atom is 0.245 e. The zero-order chi connectivity index (χ0) is 16.4. The first-order chi connectivity index (χ1) is 11.0. The van der Waals surface area contributed by atoms with Crippen LogP contribution in [0.4, 0.5) is 5.69 Å². The first-order valence-electron chi connectivity index (χ1n) is 6.69. The molecule has 0 radical (unpaired) electrons. The van der Waals surface area contributed by atoms with Crippen LogP contribution in [-0.2, 0) is 20.6 Å². The Morgan fingerprint density at radius 2 is 2.09 bits per heavy atom. The first-order valence-corrected chi connectivity index (χ1v) is 8.29. The van der Waals surface area contributed by atoms with Gasteiger partial charge in [0.1, 0.15) is 11.4 Å². The van der Waals surface area contributed by atoms with Gasteiger partial charge in [0, 0.05) is 23.8 Å². The predicted octanol–water partition coefficient (Wildman–Crippen LogP) is 1.76. The van der Waals surface area contributed by atoms with Gasteiger partial charge in [0.25, 0.3) is 0 Å². The van der Waals surface area contributed by atoms with Gasteiger partial charge in [-0.05, 0) is 29.8 Å². The quantitative estimate of drug-likeness (QED) is 0.693. The Morgan fingerprint density at radius 3 is 2.83 bits per heavy atom. The van der Waals surface area contributed by atoms with Crippen LogP contribution in [0.5, 0.6) is 5.75 Å². The van der Waals surface area contributed by atoms with Crippen molar-refractivity contribution in [3.8, 4) is 5.75 Å². The minimum atomic E-state index is -3.95. The highest BCUT2D eigenvalue weighted by Gasteiger charge is 2.24. The summed E-state index contributed by atoms with van der Waals surface area (Å²) in [6, 6.07) is 8.96. The molecule has 2 N–H and O–H groups in total. The molecular formula is C15H13N3O4S. The number of carbonyl (C=O) groups excluding carboxylic acids is 1. The second kappa shape index (κ2) is 5.73. The van der Waals surface area contributed by atoms with Gasteiger partial charge in [-0.25, -0.2) is 17.7 Å². The molecule has 0 saturated heterocycles. The van der Waals surface area contributed by atoms with E-state index in [0.717, 1.165) is 0 Å². The van der Waals surface area contributed by atoms with E-state index in [1.165, 1.54) is 24.3 Å². The fourth-order valence-corrected chi connectivity index (χ4v) is 3.65. The largest absolute Gasteiger partial charge is 0.508 e. The monoisotopic (exact) mass is 331 g/mol. The molecule has 8 heteroatoms. The topological polar surface area (TPSA) is 103 Å². The highest BCUT2D eigenvalue weighted by atomic mass is 32.2. The van der Waals surface area contributed by atoms with E-state index in [2.05, 4.69) is 9.97 Å². The van der Waals surface area contributed by atoms with Gasteiger partial charge in [-0.15, -0.1) is 0 Å². The number of anilines is 1. The van der Waals surface area contributed by atoms with Gasteiger partial charge in [0.2, 0.25) is 16.4 Å². The molecule has 0 saturated carbocycles. The van der Waals surface area contributed by atoms with Gasteiger partial charge < -0.3 is 10.1 Å². The smallest absolute Gasteiger partial charge is 0.245 e. The van der Waals surface area contributed by atoms with Crippen molar-refractivity contribution >= 4 is 33.2 Å². The summed E-state index contributed by atoms with van der Waals surface area (Å²) in [5.41, 5.74) is 1.17. The number of hydrogen-bond donors (Lipinski definition) is 2. The molecule has 2 aromatic heterocycles. The molecule has 0 fully saturated rings. The first kappa shape index (κ1) is 15.0. The van der Waals surface area contributed by atoms with Gasteiger partial charge in [-0.2, -0.15) is 0 Å². The van der Waals surface area contributed by atoms with Crippen molar-refractivity contribution in [1.82, 2.24) is 9.97 Å². The molecule has 1 aromatic carbocycles. The van der Waals surface area contributed by atoms with Gasteiger partial charge in [-0.3, -0.25) is 4.79 Å². The van der Waals surface area contributed by atoms with E-state index in [4.69, 9.17) is 0 Å². The fourth-order valence-electron chi connectivity index (χ4n) is 2.32. The number of fused-ring (bicyclic) bond motifs is 1. The Kier molecular flexibility index (Phi) is 3.75. The minimum absolute atomic E-state index is 0.0815. The summed E-state index contributed by atoms with van der Waals surface area (Å²) in [5.74, 6) is -0.492. The molecule has 0 aliphatic heterocycles. The zero-order valence-electron chi connectivity index (χ0n) is 11.9. The SMILES string of the molecule is O=CN(c1cccc(O)c1)S(=O)(=O)Cc1c[nH]c2ncccc12. The summed E-state index contributed by atoms with van der Waals surface area (Å²) >= 11 is 0. The second-order valence-electron chi connectivity index (χ2n) is 4.89. The van der Waals surface area contributed by atoms with Crippen molar-refractivity contribution in [1.29, 1.82) is 0 Å². The Labute approximate surface area is 132 Å². The number of H-pyrrole nitrogens is 1. The Morgan fingerprint density at radius 1 is 1.26 bits per heavy atom. The minimum Gasteiger partial charge on any atom is -0.508 e. The number of carbonyl (C=O) groups is 1. The number of rotatable bonds is 5. The molecule has 3 aromatic rings. The van der Waals surface area contributed by atoms with Crippen LogP contribution < -0.4 is 4.31 Å². The van der Waals surface area contributed by atoms with Crippen LogP contribution in [0, 0.1) is 0 Å². The zero-order valence-corrected chi connectivity index (χ0v) is 12.7. The van der Waals surface area contributed by atoms with Crippen molar-refractivity contribution in [2.75, 3.05) is 4.31 Å². The molecular weight excluding hydrogens is 318 g/mol. The number of nitrogens with one attached hydrogen (secondary N) is 1. The van der Waals surface area contributed by atoms with Crippen molar-refractivity contribution in [3.63, 3.8) is 0 Å². The van der Waals surface area contributed by atoms with E-state index in [1.54, 1.807) is 24.5 Å². The maximum atomic E-state index is 12.6. The van der Waals surface area contributed by atoms with E-state index >= 15 is 0 Å². The van der Waals surface area contributed by atoms with Crippen molar-refractivity contribution < 1.29 is 18.3 Å². The Hall–Kier alpha value is -2.87. The van der Waals surface area contributed by atoms with E-state index in [-0.39, 0.29) is 23.6 Å². The standard InChI is InChI=1S/C15H13N3O4S/c19-10-18(12-3-1-4-13(20)7-12)23(21,22)9-11-8-17-15-14(11)5-2-6-16-15/h1-8,10,20H,9H2,(H,16,17). The summed E-state index contributed by atoms with van der Waals surface area (Å²) in [7, 11) is -3.95. The van der Waals surface area contributed by atoms with Gasteiger partial charge in [-0.1, -0.05) is 6.07 Å². The molecule has 2 heterocycles. The van der Waals surface area contributed by atoms with E-state index in [1.807, 2.05) is 0 Å². The number of phenols is 1. The molecule has 118 valence electrons. The average molecular weight is 331 g/mol. The second-order valence-corrected chi connectivity index (χ2v) is 6.74. The number of aromatic nitrogens is 2. The molecule has 0 atom stereocenters. The summed E-state index contributed by atoms with van der Waals surface area (Å²) < 4.78 is 25.7. The average Bonchev–Trinajstić information content (AvgIpc) is 2.90. The van der Waals surface area contributed by atoms with Crippen LogP contribution in [0.2, 0.25) is 0 Å². The Balaban J connectivity index is 1.98. The van der Waals surface area contributed by atoms with E-state index in [9.17, 15) is 18.3 Å². The molecule has 0 bridgehead atoms. The molecule has 7 nitrogen and oxygen atoms in total. The van der Waals surface area contributed by atoms with E-state index in [0.29, 0.717) is 20.9 Å². The lowest BCUT2D eigenvalue weighted by molar-refractivity contribution is -0.106. The van der Waals surface area contributed by atoms with Crippen molar-refractivity contribution in [2.45, 2.75) is 5.75 Å². The van der Waals surface area contributed by atoms with Gasteiger partial charge in [0.05, 0.1) is 11.4 Å². The predicted molar refractivity (Wildman–Crippen MR) is 85.4 cm³/mol. The van der Waals surface area contributed by atoms with Gasteiger partial charge in [0.15, 0.2) is 0 Å². The maximum absolute atomic E-state index is 12.6. The van der Waals surface area contributed by atoms with Gasteiger partial charge >= 0.3 is 0 Å². The molecule has 0 aliphatic carbocycles. The highest BCUT2D eigenvalue weighted by molar-refractivity contribution is 7.92. The number of benzene rings is 1. The molecule has 1 amide bonds. The Bertz CT molecular complexity index is 966. The molecule has 0 aliphatic rings. The normalized spacial score (nSPS) is 11.5. The third-order valence-electron chi connectivity index (χ3n) is 3.35. The number of amides is 1. The number of pyridine rings is 1. The van der Waals surface area contributed by atoms with Crippen LogP contribution >= 0.6 is 0 Å². The third kappa shape index (κ3) is 2.88. The molecule has 3 rings (SSSR count). The molecule has 0 spiro atoms. The van der Waals surface area contributed by atoms with E-state index < -0.39 is 10.0 Å². The van der Waals surface area contributed by atoms with Crippen LogP contribution in [0.1, 0.15) is 5.56 Å². The highest BCUT2D eigenvalue weighted by Crippen LogP contribution is 2.25. The van der Waals surface area contributed by atoms with Crippen LogP contribution in [0.25, 0.3) is 11.0 Å². The lowest BCUT2D eigenvalue weighted by Crippen LogP contribution is -2.30. The van der Waals surface area contributed by atoms with Crippen LogP contribution in [0.3, 0.4) is 0 Å². The number of sulfonamides is 1. The summed E-state index contributed by atoms with van der Waals surface area (Å²) in [6.07, 6.45) is 3.37. The third-order valence-corrected chi connectivity index (χ3v) is 4.93. The van der Waals surface area contributed by atoms with Crippen molar-refractivity contribution in [2.24, 2.45) is 0 Å². The number of aromatic amines is 1. The lowest BCUT2D eigenvalue weighted by atomic mass is 10.2. The lowest BCUT2D eigenvalue weighted by Gasteiger charge is -2.17. The molecule has 23 heavy (non-hydrogen) atoms. The van der Waals surface area contributed by atoms with Crippen LogP contribution in [-0.4, -0.2) is 29.9 Å². The number of aromatic hydroxyl groups is 1. The van der Waals surface area contributed by atoms with Crippen molar-refractivity contribution in [3.05, 3.63) is 54.4 Å². The fraction of sp³-hybridized carbons (Fsp3) is 0.0667. The summed E-state index contributed by atoms with van der Waals surface area (Å²) in [5, 5.41) is 10.1. The summed E-state index contributed by atoms with van der Waals surface area (Å²) in [6.45, 7) is 0.